The Hall–Kier alpha value is -7.95. The summed E-state index contributed by atoms with van der Waals surface area (Å²) in [5, 5.41) is 4.27. The minimum atomic E-state index is 0.587. The summed E-state index contributed by atoms with van der Waals surface area (Å²) in [5.74, 6) is 1.80. The number of furan rings is 1. The number of hydrogen-bond acceptors (Lipinski definition) is 4. The molecule has 0 unspecified atom stereocenters. The molecule has 0 saturated heterocycles. The first-order valence-electron chi connectivity index (χ1n) is 19.8. The largest absolute Gasteiger partial charge is 0.455 e. The molecule has 0 amide bonds. The van der Waals surface area contributed by atoms with Gasteiger partial charge in [0.2, 0.25) is 0 Å². The monoisotopic (exact) mass is 753 g/mol. The Morgan fingerprint density at radius 3 is 1.49 bits per heavy atom. The maximum absolute atomic E-state index is 6.74. The van der Waals surface area contributed by atoms with Gasteiger partial charge in [-0.3, -0.25) is 0 Å². The van der Waals surface area contributed by atoms with Gasteiger partial charge < -0.3 is 4.42 Å². The predicted octanol–water partition coefficient (Wildman–Crippen LogP) is 14.6. The van der Waals surface area contributed by atoms with E-state index in [1.54, 1.807) is 0 Å². The normalized spacial score (nSPS) is 11.4. The molecule has 2 heterocycles. The first-order valence-corrected chi connectivity index (χ1v) is 19.8. The maximum atomic E-state index is 6.74. The van der Waals surface area contributed by atoms with Gasteiger partial charge in [0.1, 0.15) is 11.2 Å². The van der Waals surface area contributed by atoms with Crippen LogP contribution in [0.1, 0.15) is 0 Å². The molecule has 4 heteroatoms. The highest BCUT2D eigenvalue weighted by Crippen LogP contribution is 2.41. The Morgan fingerprint density at radius 2 is 0.780 bits per heavy atom. The molecule has 11 rings (SSSR count). The van der Waals surface area contributed by atoms with Crippen molar-refractivity contribution >= 4 is 32.7 Å². The lowest BCUT2D eigenvalue weighted by molar-refractivity contribution is 0.670. The first-order chi connectivity index (χ1) is 29.2. The smallest absolute Gasteiger partial charge is 0.164 e. The van der Waals surface area contributed by atoms with E-state index in [1.807, 2.05) is 24.3 Å². The second-order valence-electron chi connectivity index (χ2n) is 14.8. The van der Waals surface area contributed by atoms with Gasteiger partial charge >= 0.3 is 0 Å². The van der Waals surface area contributed by atoms with Gasteiger partial charge in [-0.25, -0.2) is 15.0 Å². The fraction of sp³-hybridized carbons (Fsp3) is 0. The molecule has 0 atom stereocenters. The molecule has 0 bridgehead atoms. The van der Waals surface area contributed by atoms with E-state index in [4.69, 9.17) is 19.4 Å². The number of benzene rings is 9. The lowest BCUT2D eigenvalue weighted by Gasteiger charge is -2.11. The Labute approximate surface area is 341 Å². The molecule has 0 radical (unpaired) electrons. The molecule has 0 spiro atoms. The van der Waals surface area contributed by atoms with Gasteiger partial charge in [0.25, 0.3) is 0 Å². The molecule has 276 valence electrons. The van der Waals surface area contributed by atoms with E-state index in [0.717, 1.165) is 77.2 Å². The molecule has 2 aromatic heterocycles. The van der Waals surface area contributed by atoms with Crippen molar-refractivity contribution < 1.29 is 4.42 Å². The molecule has 0 aliphatic heterocycles. The quantitative estimate of drug-likeness (QED) is 0.163. The van der Waals surface area contributed by atoms with Crippen LogP contribution < -0.4 is 0 Å². The summed E-state index contributed by atoms with van der Waals surface area (Å²) in [4.78, 5) is 15.5. The summed E-state index contributed by atoms with van der Waals surface area (Å²) >= 11 is 0. The van der Waals surface area contributed by atoms with Crippen molar-refractivity contribution in [3.63, 3.8) is 0 Å². The lowest BCUT2D eigenvalue weighted by Crippen LogP contribution is -2.00. The third kappa shape index (κ3) is 6.43. The highest BCUT2D eigenvalue weighted by atomic mass is 16.3. The molecule has 0 aliphatic carbocycles. The number of fused-ring (bicyclic) bond motifs is 4. The van der Waals surface area contributed by atoms with Crippen LogP contribution in [0.15, 0.2) is 217 Å². The van der Waals surface area contributed by atoms with Gasteiger partial charge in [-0.05, 0) is 67.9 Å². The molecule has 0 fully saturated rings. The zero-order valence-electron chi connectivity index (χ0n) is 32.0. The highest BCUT2D eigenvalue weighted by molar-refractivity contribution is 6.15. The van der Waals surface area contributed by atoms with Gasteiger partial charge in [0, 0.05) is 33.0 Å². The van der Waals surface area contributed by atoms with E-state index in [0.29, 0.717) is 17.5 Å². The van der Waals surface area contributed by atoms with Crippen molar-refractivity contribution in [1.29, 1.82) is 0 Å². The molecule has 11 aromatic rings. The SMILES string of the molecule is c1ccc(-c2ccc(-c3ccc(-c4nc(-c5ccc6ccccc6c5)nc(-c5cccc6oc7c(-c8cccc(-c9ccccc9)c8)cccc7c56)n4)cc3)cc2)cc1. The Bertz CT molecular complexity index is 3300. The van der Waals surface area contributed by atoms with Crippen molar-refractivity contribution in [2.24, 2.45) is 0 Å². The molecule has 4 nitrogen and oxygen atoms in total. The van der Waals surface area contributed by atoms with Crippen LogP contribution in [0, 0.1) is 0 Å². The molecule has 0 N–H and O–H groups in total. The fourth-order valence-corrected chi connectivity index (χ4v) is 8.14. The van der Waals surface area contributed by atoms with Crippen LogP contribution in [0.3, 0.4) is 0 Å². The third-order valence-corrected chi connectivity index (χ3v) is 11.2. The van der Waals surface area contributed by atoms with E-state index >= 15 is 0 Å². The average Bonchev–Trinajstić information content (AvgIpc) is 3.71. The Morgan fingerprint density at radius 1 is 0.288 bits per heavy atom. The first kappa shape index (κ1) is 34.3. The average molecular weight is 754 g/mol. The van der Waals surface area contributed by atoms with Gasteiger partial charge in [-0.15, -0.1) is 0 Å². The second kappa shape index (κ2) is 14.5. The fourth-order valence-electron chi connectivity index (χ4n) is 8.14. The number of hydrogen-bond donors (Lipinski definition) is 0. The molecule has 9 aromatic carbocycles. The van der Waals surface area contributed by atoms with Crippen LogP contribution in [0.4, 0.5) is 0 Å². The van der Waals surface area contributed by atoms with Crippen molar-refractivity contribution in [1.82, 2.24) is 15.0 Å². The van der Waals surface area contributed by atoms with Crippen LogP contribution in [-0.2, 0) is 0 Å². The van der Waals surface area contributed by atoms with E-state index in [9.17, 15) is 0 Å². The molecule has 0 aliphatic rings. The van der Waals surface area contributed by atoms with Crippen molar-refractivity contribution in [3.8, 4) is 78.7 Å². The number of rotatable bonds is 7. The van der Waals surface area contributed by atoms with Gasteiger partial charge in [-0.1, -0.05) is 194 Å². The summed E-state index contributed by atoms with van der Waals surface area (Å²) in [5.41, 5.74) is 13.5. The van der Waals surface area contributed by atoms with Crippen molar-refractivity contribution in [2.45, 2.75) is 0 Å². The topological polar surface area (TPSA) is 51.8 Å². The van der Waals surface area contributed by atoms with Crippen LogP contribution >= 0.6 is 0 Å². The molecular formula is C55H35N3O. The van der Waals surface area contributed by atoms with Gasteiger partial charge in [0.05, 0.1) is 0 Å². The maximum Gasteiger partial charge on any atom is 0.164 e. The summed E-state index contributed by atoms with van der Waals surface area (Å²) < 4.78 is 6.74. The highest BCUT2D eigenvalue weighted by Gasteiger charge is 2.20. The van der Waals surface area contributed by atoms with Crippen LogP contribution in [0.25, 0.3) is 111 Å². The van der Waals surface area contributed by atoms with Crippen LogP contribution in [0.2, 0.25) is 0 Å². The van der Waals surface area contributed by atoms with E-state index in [2.05, 4.69) is 188 Å². The third-order valence-electron chi connectivity index (χ3n) is 11.2. The van der Waals surface area contributed by atoms with E-state index in [1.165, 1.54) is 16.7 Å². The van der Waals surface area contributed by atoms with Crippen LogP contribution in [0.5, 0.6) is 0 Å². The van der Waals surface area contributed by atoms with E-state index in [-0.39, 0.29) is 0 Å². The van der Waals surface area contributed by atoms with Gasteiger partial charge in [0.15, 0.2) is 17.5 Å². The lowest BCUT2D eigenvalue weighted by atomic mass is 9.97. The zero-order chi connectivity index (χ0) is 39.1. The minimum absolute atomic E-state index is 0.587. The number of aromatic nitrogens is 3. The van der Waals surface area contributed by atoms with Gasteiger partial charge in [-0.2, -0.15) is 0 Å². The van der Waals surface area contributed by atoms with Crippen molar-refractivity contribution in [2.75, 3.05) is 0 Å². The molecule has 59 heavy (non-hydrogen) atoms. The molecule has 0 saturated carbocycles. The Balaban J connectivity index is 1.03. The summed E-state index contributed by atoms with van der Waals surface area (Å²) in [6.45, 7) is 0. The molecular weight excluding hydrogens is 719 g/mol. The second-order valence-corrected chi connectivity index (χ2v) is 14.8. The number of para-hydroxylation sites is 1. The summed E-state index contributed by atoms with van der Waals surface area (Å²) in [6, 6.07) is 74.0. The predicted molar refractivity (Wildman–Crippen MR) is 243 cm³/mol. The zero-order valence-corrected chi connectivity index (χ0v) is 32.0. The van der Waals surface area contributed by atoms with Crippen molar-refractivity contribution in [3.05, 3.63) is 212 Å². The van der Waals surface area contributed by atoms with Crippen LogP contribution in [-0.4, -0.2) is 15.0 Å². The van der Waals surface area contributed by atoms with E-state index < -0.39 is 0 Å². The number of nitrogens with zero attached hydrogens (tertiary/aromatic N) is 3. The summed E-state index contributed by atoms with van der Waals surface area (Å²) in [6.07, 6.45) is 0. The summed E-state index contributed by atoms with van der Waals surface area (Å²) in [7, 11) is 0. The standard InChI is InChI=1S/C55H35N3O/c1-3-12-36(13-4-1)39-24-26-40(27-25-39)41-28-31-42(32-29-41)53-56-54(46-33-30-38-16-7-8-17-43(38)35-46)58-55(57-53)49-22-11-23-50-51(49)48-21-10-20-47(52(48)59-50)45-19-9-18-44(34-45)37-14-5-2-6-15-37/h1-35H. The Kier molecular flexibility index (Phi) is 8.45. The minimum Gasteiger partial charge on any atom is -0.455 e.